The highest BCUT2D eigenvalue weighted by molar-refractivity contribution is 6.31. The van der Waals surface area contributed by atoms with Gasteiger partial charge in [0.05, 0.1) is 6.61 Å². The number of carbonyl (C=O) groups excluding carboxylic acids is 2. The molecule has 34 heavy (non-hydrogen) atoms. The summed E-state index contributed by atoms with van der Waals surface area (Å²) in [7, 11) is 2.09. The van der Waals surface area contributed by atoms with Gasteiger partial charge < -0.3 is 19.4 Å². The van der Waals surface area contributed by atoms with Crippen molar-refractivity contribution in [3.05, 3.63) is 64.7 Å². The molecular formula is C27H34ClN3O3. The Morgan fingerprint density at radius 1 is 0.941 bits per heavy atom. The van der Waals surface area contributed by atoms with E-state index in [0.717, 1.165) is 50.3 Å². The number of ether oxygens (including phenoxy) is 1. The summed E-state index contributed by atoms with van der Waals surface area (Å²) in [5.41, 5.74) is 1.36. The molecule has 2 fully saturated rings. The van der Waals surface area contributed by atoms with Gasteiger partial charge in [-0.1, -0.05) is 29.8 Å². The summed E-state index contributed by atoms with van der Waals surface area (Å²) >= 11 is 6.17. The van der Waals surface area contributed by atoms with Crippen LogP contribution >= 0.6 is 11.6 Å². The van der Waals surface area contributed by atoms with E-state index in [2.05, 4.69) is 11.9 Å². The highest BCUT2D eigenvalue weighted by Gasteiger charge is 2.40. The molecule has 0 N–H and O–H groups in total. The molecule has 2 amide bonds. The maximum Gasteiger partial charge on any atom is 0.253 e. The van der Waals surface area contributed by atoms with Crippen molar-refractivity contribution in [1.29, 1.82) is 0 Å². The molecule has 0 unspecified atom stereocenters. The van der Waals surface area contributed by atoms with Gasteiger partial charge in [0.25, 0.3) is 5.91 Å². The second-order valence-corrected chi connectivity index (χ2v) is 10.1. The van der Waals surface area contributed by atoms with Gasteiger partial charge in [0, 0.05) is 61.7 Å². The summed E-state index contributed by atoms with van der Waals surface area (Å²) in [4.78, 5) is 32.4. The Morgan fingerprint density at radius 3 is 2.26 bits per heavy atom. The predicted molar refractivity (Wildman–Crippen MR) is 134 cm³/mol. The zero-order chi connectivity index (χ0) is 24.1. The lowest BCUT2D eigenvalue weighted by Crippen LogP contribution is -2.51. The van der Waals surface area contributed by atoms with E-state index < -0.39 is 0 Å². The van der Waals surface area contributed by atoms with Crippen LogP contribution in [-0.4, -0.2) is 79.4 Å². The van der Waals surface area contributed by atoms with Gasteiger partial charge in [-0.2, -0.15) is 0 Å². The Kier molecular flexibility index (Phi) is 7.79. The minimum Gasteiger partial charge on any atom is -0.493 e. The van der Waals surface area contributed by atoms with Gasteiger partial charge in [0.15, 0.2) is 0 Å². The number of likely N-dealkylation sites (N-methyl/N-ethyl adjacent to an activating group) is 1. The molecule has 2 aromatic rings. The maximum absolute atomic E-state index is 13.3. The van der Waals surface area contributed by atoms with E-state index in [9.17, 15) is 9.59 Å². The lowest BCUT2D eigenvalue weighted by atomic mass is 9.75. The fourth-order valence-corrected chi connectivity index (χ4v) is 4.87. The lowest BCUT2D eigenvalue weighted by molar-refractivity contribution is -0.136. The summed E-state index contributed by atoms with van der Waals surface area (Å²) in [6, 6.07) is 15.1. The molecule has 0 radical (unpaired) electrons. The minimum absolute atomic E-state index is 0.0499. The molecule has 0 spiro atoms. The second kappa shape index (κ2) is 10.8. The maximum atomic E-state index is 13.3. The van der Waals surface area contributed by atoms with Crippen LogP contribution in [-0.2, 0) is 4.79 Å². The summed E-state index contributed by atoms with van der Waals surface area (Å²) in [6.45, 7) is 6.97. The average molecular weight is 484 g/mol. The number of piperazine rings is 1. The predicted octanol–water partition coefficient (Wildman–Crippen LogP) is 4.11. The van der Waals surface area contributed by atoms with Crippen molar-refractivity contribution in [2.45, 2.75) is 26.2 Å². The SMILES string of the molecule is Cc1cc(OCC2(CC(=O)N3CCN(C)CC3)CCN(C(=O)c3ccccc3)CC2)ccc1Cl. The Labute approximate surface area is 207 Å². The first kappa shape index (κ1) is 24.6. The molecule has 182 valence electrons. The molecule has 2 heterocycles. The number of nitrogens with zero attached hydrogens (tertiary/aromatic N) is 3. The Bertz CT molecular complexity index is 997. The van der Waals surface area contributed by atoms with Gasteiger partial charge >= 0.3 is 0 Å². The van der Waals surface area contributed by atoms with Gasteiger partial charge in [0.1, 0.15) is 5.75 Å². The monoisotopic (exact) mass is 483 g/mol. The lowest BCUT2D eigenvalue weighted by Gasteiger charge is -2.42. The van der Waals surface area contributed by atoms with Crippen LogP contribution in [0.3, 0.4) is 0 Å². The largest absolute Gasteiger partial charge is 0.493 e. The summed E-state index contributed by atoms with van der Waals surface area (Å²) < 4.78 is 6.23. The van der Waals surface area contributed by atoms with E-state index in [-0.39, 0.29) is 17.2 Å². The van der Waals surface area contributed by atoms with Crippen LogP contribution in [0.15, 0.2) is 48.5 Å². The van der Waals surface area contributed by atoms with E-state index in [1.165, 1.54) is 0 Å². The highest BCUT2D eigenvalue weighted by Crippen LogP contribution is 2.37. The fraction of sp³-hybridized carbons (Fsp3) is 0.481. The summed E-state index contributed by atoms with van der Waals surface area (Å²) in [5.74, 6) is 0.997. The van der Waals surface area contributed by atoms with Crippen molar-refractivity contribution in [1.82, 2.24) is 14.7 Å². The molecule has 0 aromatic heterocycles. The van der Waals surface area contributed by atoms with E-state index in [0.29, 0.717) is 36.7 Å². The van der Waals surface area contributed by atoms with E-state index in [1.807, 2.05) is 65.3 Å². The third kappa shape index (κ3) is 5.91. The van der Waals surface area contributed by atoms with Crippen LogP contribution < -0.4 is 4.74 Å². The number of hydrogen-bond donors (Lipinski definition) is 0. The molecule has 0 bridgehead atoms. The molecule has 0 atom stereocenters. The third-order valence-corrected chi connectivity index (χ3v) is 7.61. The van der Waals surface area contributed by atoms with Crippen LogP contribution in [0, 0.1) is 12.3 Å². The zero-order valence-corrected chi connectivity index (χ0v) is 20.9. The third-order valence-electron chi connectivity index (χ3n) is 7.19. The number of piperidine rings is 1. The van der Waals surface area contributed by atoms with Crippen molar-refractivity contribution in [2.24, 2.45) is 5.41 Å². The van der Waals surface area contributed by atoms with Gasteiger partial charge in [-0.15, -0.1) is 0 Å². The van der Waals surface area contributed by atoms with Crippen molar-refractivity contribution in [3.8, 4) is 5.75 Å². The van der Waals surface area contributed by atoms with E-state index in [1.54, 1.807) is 0 Å². The fourth-order valence-electron chi connectivity index (χ4n) is 4.75. The van der Waals surface area contributed by atoms with Crippen molar-refractivity contribution < 1.29 is 14.3 Å². The molecule has 2 aliphatic heterocycles. The van der Waals surface area contributed by atoms with Gasteiger partial charge in [-0.05, 0) is 62.7 Å². The molecule has 6 nitrogen and oxygen atoms in total. The molecule has 2 aromatic carbocycles. The van der Waals surface area contributed by atoms with Crippen molar-refractivity contribution >= 4 is 23.4 Å². The first-order valence-electron chi connectivity index (χ1n) is 12.0. The van der Waals surface area contributed by atoms with Crippen LogP contribution in [0.4, 0.5) is 0 Å². The van der Waals surface area contributed by atoms with E-state index in [4.69, 9.17) is 16.3 Å². The molecule has 0 aliphatic carbocycles. The molecule has 7 heteroatoms. The molecule has 0 saturated carbocycles. The van der Waals surface area contributed by atoms with Crippen LogP contribution in [0.2, 0.25) is 5.02 Å². The highest BCUT2D eigenvalue weighted by atomic mass is 35.5. The van der Waals surface area contributed by atoms with Gasteiger partial charge in [0.2, 0.25) is 5.91 Å². The van der Waals surface area contributed by atoms with Gasteiger partial charge in [-0.25, -0.2) is 0 Å². The quantitative estimate of drug-likeness (QED) is 0.620. The van der Waals surface area contributed by atoms with Crippen molar-refractivity contribution in [3.63, 3.8) is 0 Å². The normalized spacial score (nSPS) is 18.6. The Balaban J connectivity index is 1.45. The number of benzene rings is 2. The molecule has 2 saturated heterocycles. The number of carbonyl (C=O) groups is 2. The molecular weight excluding hydrogens is 450 g/mol. The average Bonchev–Trinajstić information content (AvgIpc) is 2.86. The van der Waals surface area contributed by atoms with Crippen LogP contribution in [0.25, 0.3) is 0 Å². The van der Waals surface area contributed by atoms with E-state index >= 15 is 0 Å². The summed E-state index contributed by atoms with van der Waals surface area (Å²) in [6.07, 6.45) is 1.91. The number of halogens is 1. The summed E-state index contributed by atoms with van der Waals surface area (Å²) in [5, 5.41) is 0.708. The Morgan fingerprint density at radius 2 is 1.62 bits per heavy atom. The number of hydrogen-bond acceptors (Lipinski definition) is 4. The molecule has 4 rings (SSSR count). The topological polar surface area (TPSA) is 53.1 Å². The smallest absolute Gasteiger partial charge is 0.253 e. The van der Waals surface area contributed by atoms with Crippen molar-refractivity contribution in [2.75, 3.05) is 52.9 Å². The Hall–Kier alpha value is -2.57. The van der Waals surface area contributed by atoms with Crippen LogP contribution in [0.5, 0.6) is 5.75 Å². The second-order valence-electron chi connectivity index (χ2n) is 9.72. The first-order valence-corrected chi connectivity index (χ1v) is 12.4. The number of aryl methyl sites for hydroxylation is 1. The standard InChI is InChI=1S/C27H34ClN3O3/c1-21-18-23(8-9-24(21)28)34-20-27(19-25(32)30-16-14-29(2)15-17-30)10-12-31(13-11-27)26(33)22-6-4-3-5-7-22/h3-9,18H,10-17,19-20H2,1-2H3. The minimum atomic E-state index is -0.304. The molecule has 2 aliphatic rings. The number of amides is 2. The number of likely N-dealkylation sites (tertiary alicyclic amines) is 1. The van der Waals surface area contributed by atoms with Crippen LogP contribution in [0.1, 0.15) is 35.2 Å². The zero-order valence-electron chi connectivity index (χ0n) is 20.1. The first-order chi connectivity index (χ1) is 16.3. The number of rotatable bonds is 6. The van der Waals surface area contributed by atoms with Gasteiger partial charge in [-0.3, -0.25) is 9.59 Å².